The van der Waals surface area contributed by atoms with Gasteiger partial charge in [-0.3, -0.25) is 9.79 Å². The molecule has 0 saturated carbocycles. The highest BCUT2D eigenvalue weighted by molar-refractivity contribution is 14.0. The van der Waals surface area contributed by atoms with Crippen molar-refractivity contribution in [3.05, 3.63) is 35.4 Å². The molecule has 0 aromatic heterocycles. The number of nitrogens with zero attached hydrogens (tertiary/aromatic N) is 2. The minimum Gasteiger partial charge on any atom is -0.370 e. The lowest BCUT2D eigenvalue weighted by Gasteiger charge is -2.36. The summed E-state index contributed by atoms with van der Waals surface area (Å²) in [7, 11) is 1.82. The Morgan fingerprint density at radius 3 is 2.58 bits per heavy atom. The van der Waals surface area contributed by atoms with E-state index in [4.69, 9.17) is 5.73 Å². The molecule has 1 aromatic carbocycles. The SMILES string of the molecule is CN=C(NCC(C)(C)c1ccc(C)cc1)N1CCCC(CC(N)=O)C1.I. The van der Waals surface area contributed by atoms with Crippen molar-refractivity contribution >= 4 is 35.8 Å². The Morgan fingerprint density at radius 2 is 2.00 bits per heavy atom. The third-order valence-corrected chi connectivity index (χ3v) is 5.04. The summed E-state index contributed by atoms with van der Waals surface area (Å²) in [4.78, 5) is 17.9. The van der Waals surface area contributed by atoms with Gasteiger partial charge in [0.25, 0.3) is 0 Å². The van der Waals surface area contributed by atoms with Gasteiger partial charge in [0.05, 0.1) is 0 Å². The summed E-state index contributed by atoms with van der Waals surface area (Å²) in [6.07, 6.45) is 2.59. The highest BCUT2D eigenvalue weighted by Crippen LogP contribution is 2.23. The number of guanidine groups is 1. The summed E-state index contributed by atoms with van der Waals surface area (Å²) >= 11 is 0. The molecule has 1 aromatic rings. The number of aliphatic imine (C=N–C) groups is 1. The standard InChI is InChI=1S/C20H32N4O.HI/c1-15-7-9-17(10-8-15)20(2,3)14-23-19(22-4)24-11-5-6-16(13-24)12-18(21)25;/h7-10,16H,5-6,11-14H2,1-4H3,(H2,21,25)(H,22,23);1H. The fourth-order valence-electron chi connectivity index (χ4n) is 3.45. The van der Waals surface area contributed by atoms with E-state index in [1.54, 1.807) is 0 Å². The average Bonchev–Trinajstić information content (AvgIpc) is 2.55. The molecule has 146 valence electrons. The number of halogens is 1. The topological polar surface area (TPSA) is 70.7 Å². The lowest BCUT2D eigenvalue weighted by molar-refractivity contribution is -0.119. The molecule has 2 rings (SSSR count). The van der Waals surface area contributed by atoms with Crippen molar-refractivity contribution < 1.29 is 4.79 Å². The van der Waals surface area contributed by atoms with E-state index in [-0.39, 0.29) is 35.3 Å². The van der Waals surface area contributed by atoms with E-state index in [2.05, 4.69) is 60.2 Å². The molecule has 1 saturated heterocycles. The van der Waals surface area contributed by atoms with Gasteiger partial charge in [0, 0.05) is 38.5 Å². The van der Waals surface area contributed by atoms with Crippen LogP contribution in [0.5, 0.6) is 0 Å². The smallest absolute Gasteiger partial charge is 0.217 e. The van der Waals surface area contributed by atoms with Crippen LogP contribution in [0.1, 0.15) is 44.2 Å². The van der Waals surface area contributed by atoms with Crippen LogP contribution in [-0.4, -0.2) is 43.4 Å². The maximum Gasteiger partial charge on any atom is 0.217 e. The second-order valence-corrected chi connectivity index (χ2v) is 7.78. The van der Waals surface area contributed by atoms with Crippen molar-refractivity contribution in [2.24, 2.45) is 16.6 Å². The highest BCUT2D eigenvalue weighted by atomic mass is 127. The van der Waals surface area contributed by atoms with Gasteiger partial charge in [-0.2, -0.15) is 0 Å². The molecule has 1 amide bonds. The van der Waals surface area contributed by atoms with Crippen LogP contribution in [0.3, 0.4) is 0 Å². The first-order valence-electron chi connectivity index (χ1n) is 9.13. The molecule has 1 heterocycles. The van der Waals surface area contributed by atoms with Gasteiger partial charge in [-0.25, -0.2) is 0 Å². The van der Waals surface area contributed by atoms with Gasteiger partial charge in [0.15, 0.2) is 5.96 Å². The van der Waals surface area contributed by atoms with Crippen molar-refractivity contribution in [3.63, 3.8) is 0 Å². The Bertz CT molecular complexity index is 613. The van der Waals surface area contributed by atoms with Crippen LogP contribution in [0.15, 0.2) is 29.3 Å². The zero-order valence-electron chi connectivity index (χ0n) is 16.4. The molecule has 1 aliphatic heterocycles. The minimum atomic E-state index is -0.213. The molecule has 3 N–H and O–H groups in total. The Kier molecular flexibility index (Phi) is 8.86. The van der Waals surface area contributed by atoms with E-state index >= 15 is 0 Å². The number of amides is 1. The monoisotopic (exact) mass is 472 g/mol. The van der Waals surface area contributed by atoms with Gasteiger partial charge in [-0.1, -0.05) is 43.7 Å². The Balaban J connectivity index is 0.00000338. The van der Waals surface area contributed by atoms with Gasteiger partial charge in [-0.05, 0) is 31.2 Å². The van der Waals surface area contributed by atoms with Crippen LogP contribution < -0.4 is 11.1 Å². The van der Waals surface area contributed by atoms with Gasteiger partial charge in [0.2, 0.25) is 5.91 Å². The number of carbonyl (C=O) groups excluding carboxylic acids is 1. The number of primary amides is 1. The van der Waals surface area contributed by atoms with E-state index in [0.717, 1.165) is 38.4 Å². The van der Waals surface area contributed by atoms with E-state index in [0.29, 0.717) is 12.3 Å². The normalized spacial score (nSPS) is 18.2. The highest BCUT2D eigenvalue weighted by Gasteiger charge is 2.26. The zero-order chi connectivity index (χ0) is 18.4. The molecular formula is C20H33IN4O. The van der Waals surface area contributed by atoms with Crippen LogP contribution in [0.25, 0.3) is 0 Å². The summed E-state index contributed by atoms with van der Waals surface area (Å²) in [5.74, 6) is 1.03. The maximum absolute atomic E-state index is 11.2. The van der Waals surface area contributed by atoms with Crippen LogP contribution in [-0.2, 0) is 10.2 Å². The van der Waals surface area contributed by atoms with Gasteiger partial charge >= 0.3 is 0 Å². The second-order valence-electron chi connectivity index (χ2n) is 7.78. The first-order chi connectivity index (χ1) is 11.8. The third-order valence-electron chi connectivity index (χ3n) is 5.04. The fraction of sp³-hybridized carbons (Fsp3) is 0.600. The Hall–Kier alpha value is -1.31. The van der Waals surface area contributed by atoms with E-state index in [1.165, 1.54) is 11.1 Å². The van der Waals surface area contributed by atoms with Crippen molar-refractivity contribution in [2.45, 2.75) is 45.4 Å². The molecule has 26 heavy (non-hydrogen) atoms. The quantitative estimate of drug-likeness (QED) is 0.393. The summed E-state index contributed by atoms with van der Waals surface area (Å²) in [5, 5.41) is 3.53. The number of carbonyl (C=O) groups is 1. The number of aryl methyl sites for hydroxylation is 1. The van der Waals surface area contributed by atoms with Gasteiger partial charge in [0.1, 0.15) is 0 Å². The molecule has 1 atom stereocenters. The summed E-state index contributed by atoms with van der Waals surface area (Å²) < 4.78 is 0. The van der Waals surface area contributed by atoms with Crippen LogP contribution >= 0.6 is 24.0 Å². The molecule has 0 spiro atoms. The first-order valence-corrected chi connectivity index (χ1v) is 9.13. The van der Waals surface area contributed by atoms with Crippen molar-refractivity contribution in [2.75, 3.05) is 26.7 Å². The fourth-order valence-corrected chi connectivity index (χ4v) is 3.45. The van der Waals surface area contributed by atoms with Gasteiger partial charge < -0.3 is 16.0 Å². The molecule has 1 aliphatic rings. The minimum absolute atomic E-state index is 0. The largest absolute Gasteiger partial charge is 0.370 e. The van der Waals surface area contributed by atoms with Gasteiger partial charge in [-0.15, -0.1) is 24.0 Å². The first kappa shape index (κ1) is 22.7. The number of piperidine rings is 1. The summed E-state index contributed by atoms with van der Waals surface area (Å²) in [6.45, 7) is 9.21. The molecular weight excluding hydrogens is 439 g/mol. The molecule has 0 aliphatic carbocycles. The van der Waals surface area contributed by atoms with Crippen molar-refractivity contribution in [1.82, 2.24) is 10.2 Å². The van der Waals surface area contributed by atoms with E-state index in [9.17, 15) is 4.79 Å². The number of benzene rings is 1. The molecule has 0 radical (unpaired) electrons. The molecule has 1 fully saturated rings. The average molecular weight is 472 g/mol. The molecule has 1 unspecified atom stereocenters. The Morgan fingerprint density at radius 1 is 1.35 bits per heavy atom. The van der Waals surface area contributed by atoms with Crippen LogP contribution in [0.2, 0.25) is 0 Å². The van der Waals surface area contributed by atoms with Crippen LogP contribution in [0.4, 0.5) is 0 Å². The van der Waals surface area contributed by atoms with Crippen molar-refractivity contribution in [1.29, 1.82) is 0 Å². The molecule has 0 bridgehead atoms. The predicted molar refractivity (Wildman–Crippen MR) is 119 cm³/mol. The number of likely N-dealkylation sites (tertiary alicyclic amines) is 1. The zero-order valence-corrected chi connectivity index (χ0v) is 18.7. The van der Waals surface area contributed by atoms with Crippen molar-refractivity contribution in [3.8, 4) is 0 Å². The second kappa shape index (κ2) is 10.1. The lowest BCUT2D eigenvalue weighted by atomic mass is 9.84. The number of hydrogen-bond donors (Lipinski definition) is 2. The number of nitrogens with one attached hydrogen (secondary N) is 1. The van der Waals surface area contributed by atoms with E-state index in [1.807, 2.05) is 7.05 Å². The maximum atomic E-state index is 11.2. The van der Waals surface area contributed by atoms with Crippen LogP contribution in [0, 0.1) is 12.8 Å². The molecule has 6 heteroatoms. The number of nitrogens with two attached hydrogens (primary N) is 1. The Labute approximate surface area is 174 Å². The lowest BCUT2D eigenvalue weighted by Crippen LogP contribution is -2.49. The van der Waals surface area contributed by atoms with E-state index < -0.39 is 0 Å². The third kappa shape index (κ3) is 6.45. The predicted octanol–water partition coefficient (Wildman–Crippen LogP) is 3.05. The molecule has 5 nitrogen and oxygen atoms in total. The summed E-state index contributed by atoms with van der Waals surface area (Å²) in [6, 6.07) is 8.71. The summed E-state index contributed by atoms with van der Waals surface area (Å²) in [5.41, 5.74) is 7.96. The number of rotatable bonds is 5. The number of hydrogen-bond acceptors (Lipinski definition) is 2.